The van der Waals surface area contributed by atoms with Crippen LogP contribution in [-0.4, -0.2) is 32.9 Å². The van der Waals surface area contributed by atoms with E-state index >= 15 is 0 Å². The molecule has 1 amide bonds. The maximum atomic E-state index is 12.9. The number of hydrogen-bond donors (Lipinski definition) is 1. The number of nitrogens with zero attached hydrogens (tertiary/aromatic N) is 4. The Kier molecular flexibility index (Phi) is 5.71. The lowest BCUT2D eigenvalue weighted by molar-refractivity contribution is -0.274. The van der Waals surface area contributed by atoms with Gasteiger partial charge >= 0.3 is 6.36 Å². The average Bonchev–Trinajstić information content (AvgIpc) is 3.12. The summed E-state index contributed by atoms with van der Waals surface area (Å²) in [5.74, 6) is -0.650. The van der Waals surface area contributed by atoms with E-state index in [1.165, 1.54) is 22.8 Å². The maximum absolute atomic E-state index is 12.9. The van der Waals surface area contributed by atoms with Crippen LogP contribution >= 0.6 is 0 Å². The van der Waals surface area contributed by atoms with E-state index in [4.69, 9.17) is 5.73 Å². The lowest BCUT2D eigenvalue weighted by Crippen LogP contribution is -2.38. The number of fused-ring (bicyclic) bond motifs is 1. The molecule has 1 fully saturated rings. The van der Waals surface area contributed by atoms with Crippen LogP contribution in [0.4, 0.5) is 19.0 Å². The van der Waals surface area contributed by atoms with Crippen LogP contribution in [0.15, 0.2) is 42.7 Å². The van der Waals surface area contributed by atoms with E-state index in [0.29, 0.717) is 17.0 Å². The molecule has 31 heavy (non-hydrogen) atoms. The SMILES string of the molecule is NC(=O)c1c(N(Cc2ccccc2OC(F)(F)F)C2CCCCC2)nn2cccnc12. The first-order valence-electron chi connectivity index (χ1n) is 10.1. The smallest absolute Gasteiger partial charge is 0.405 e. The van der Waals surface area contributed by atoms with Gasteiger partial charge in [-0.2, -0.15) is 0 Å². The molecule has 0 saturated heterocycles. The third-order valence-corrected chi connectivity index (χ3v) is 5.45. The molecule has 0 atom stereocenters. The fraction of sp³-hybridized carbons (Fsp3) is 0.381. The molecule has 10 heteroatoms. The van der Waals surface area contributed by atoms with Gasteiger partial charge in [-0.25, -0.2) is 9.50 Å². The first-order valence-corrected chi connectivity index (χ1v) is 10.1. The Bertz CT molecular complexity index is 1080. The Morgan fingerprint density at radius 3 is 2.65 bits per heavy atom. The van der Waals surface area contributed by atoms with Crippen LogP contribution in [0.3, 0.4) is 0 Å². The number of benzene rings is 1. The quantitative estimate of drug-likeness (QED) is 0.634. The summed E-state index contributed by atoms with van der Waals surface area (Å²) >= 11 is 0. The number of halogens is 3. The third kappa shape index (κ3) is 4.57. The number of rotatable bonds is 6. The molecule has 0 aliphatic heterocycles. The molecule has 7 nitrogen and oxygen atoms in total. The molecular formula is C21H22F3N5O2. The fourth-order valence-corrected chi connectivity index (χ4v) is 4.11. The topological polar surface area (TPSA) is 85.8 Å². The van der Waals surface area contributed by atoms with E-state index in [0.717, 1.165) is 32.1 Å². The third-order valence-electron chi connectivity index (χ3n) is 5.45. The minimum absolute atomic E-state index is 0.00398. The standard InChI is InChI=1S/C21H22F3N5O2/c22-21(23,24)31-16-10-5-4-7-14(16)13-28(15-8-2-1-3-9-15)20-17(18(25)30)19-26-11-6-12-29(19)27-20/h4-7,10-12,15H,1-3,8-9,13H2,(H2,25,30). The van der Waals surface area contributed by atoms with Gasteiger partial charge in [-0.15, -0.1) is 18.3 Å². The Labute approximate surface area is 176 Å². The summed E-state index contributed by atoms with van der Waals surface area (Å²) in [5.41, 5.74) is 6.47. The molecule has 2 aromatic heterocycles. The summed E-state index contributed by atoms with van der Waals surface area (Å²) in [7, 11) is 0. The van der Waals surface area contributed by atoms with Crippen LogP contribution < -0.4 is 15.4 Å². The van der Waals surface area contributed by atoms with Gasteiger partial charge in [-0.3, -0.25) is 4.79 Å². The number of ether oxygens (including phenoxy) is 1. The molecule has 4 rings (SSSR count). The first-order chi connectivity index (χ1) is 14.8. The van der Waals surface area contributed by atoms with Crippen molar-refractivity contribution in [2.45, 2.75) is 51.1 Å². The van der Waals surface area contributed by atoms with Gasteiger partial charge in [0.25, 0.3) is 5.91 Å². The van der Waals surface area contributed by atoms with Crippen molar-refractivity contribution in [2.75, 3.05) is 4.90 Å². The molecule has 3 aromatic rings. The zero-order valence-corrected chi connectivity index (χ0v) is 16.7. The zero-order chi connectivity index (χ0) is 22.0. The zero-order valence-electron chi connectivity index (χ0n) is 16.7. The van der Waals surface area contributed by atoms with Gasteiger partial charge < -0.3 is 15.4 Å². The molecule has 2 N–H and O–H groups in total. The molecule has 1 saturated carbocycles. The summed E-state index contributed by atoms with van der Waals surface area (Å²) in [6, 6.07) is 7.66. The van der Waals surface area contributed by atoms with Crippen LogP contribution in [0.1, 0.15) is 48.0 Å². The number of alkyl halides is 3. The molecule has 0 unspecified atom stereocenters. The average molecular weight is 433 g/mol. The number of hydrogen-bond acceptors (Lipinski definition) is 5. The largest absolute Gasteiger partial charge is 0.573 e. The highest BCUT2D eigenvalue weighted by Gasteiger charge is 2.34. The van der Waals surface area contributed by atoms with Gasteiger partial charge in [-0.1, -0.05) is 37.5 Å². The normalized spacial score (nSPS) is 15.2. The summed E-state index contributed by atoms with van der Waals surface area (Å²) < 4.78 is 44.5. The monoisotopic (exact) mass is 433 g/mol. The minimum atomic E-state index is -4.81. The van der Waals surface area contributed by atoms with Crippen molar-refractivity contribution in [1.29, 1.82) is 0 Å². The van der Waals surface area contributed by atoms with E-state index in [1.54, 1.807) is 24.4 Å². The molecule has 0 bridgehead atoms. The predicted octanol–water partition coefficient (Wildman–Crippen LogP) is 4.07. The molecular weight excluding hydrogens is 411 g/mol. The van der Waals surface area contributed by atoms with Crippen molar-refractivity contribution in [3.05, 3.63) is 53.9 Å². The molecule has 0 radical (unpaired) electrons. The van der Waals surface area contributed by atoms with Gasteiger partial charge in [0.2, 0.25) is 0 Å². The molecule has 1 aromatic carbocycles. The Hall–Kier alpha value is -3.30. The molecule has 2 heterocycles. The van der Waals surface area contributed by atoms with Crippen molar-refractivity contribution in [3.8, 4) is 5.75 Å². The van der Waals surface area contributed by atoms with Gasteiger partial charge in [-0.05, 0) is 25.0 Å². The van der Waals surface area contributed by atoms with E-state index in [2.05, 4.69) is 14.8 Å². The van der Waals surface area contributed by atoms with Gasteiger partial charge in [0, 0.05) is 30.5 Å². The number of anilines is 1. The summed E-state index contributed by atoms with van der Waals surface area (Å²) in [6.07, 6.45) is 3.11. The van der Waals surface area contributed by atoms with Crippen LogP contribution in [0, 0.1) is 0 Å². The molecule has 1 aliphatic rings. The van der Waals surface area contributed by atoms with E-state index in [9.17, 15) is 18.0 Å². The predicted molar refractivity (Wildman–Crippen MR) is 108 cm³/mol. The first kappa shape index (κ1) is 21.0. The maximum Gasteiger partial charge on any atom is 0.573 e. The molecule has 164 valence electrons. The van der Waals surface area contributed by atoms with Crippen molar-refractivity contribution >= 4 is 17.4 Å². The lowest BCUT2D eigenvalue weighted by atomic mass is 9.93. The molecule has 1 aliphatic carbocycles. The Morgan fingerprint density at radius 1 is 1.19 bits per heavy atom. The van der Waals surface area contributed by atoms with Crippen molar-refractivity contribution < 1.29 is 22.7 Å². The van der Waals surface area contributed by atoms with Gasteiger partial charge in [0.15, 0.2) is 11.5 Å². The highest BCUT2D eigenvalue weighted by molar-refractivity contribution is 6.03. The van der Waals surface area contributed by atoms with E-state index in [1.807, 2.05) is 4.90 Å². The Balaban J connectivity index is 1.80. The minimum Gasteiger partial charge on any atom is -0.405 e. The van der Waals surface area contributed by atoms with E-state index in [-0.39, 0.29) is 23.9 Å². The summed E-state index contributed by atoms with van der Waals surface area (Å²) in [4.78, 5) is 18.4. The highest BCUT2D eigenvalue weighted by atomic mass is 19.4. The summed E-state index contributed by atoms with van der Waals surface area (Å²) in [6.45, 7) is 0.0844. The summed E-state index contributed by atoms with van der Waals surface area (Å²) in [5, 5.41) is 4.53. The van der Waals surface area contributed by atoms with Crippen molar-refractivity contribution in [1.82, 2.24) is 14.6 Å². The lowest BCUT2D eigenvalue weighted by Gasteiger charge is -2.35. The van der Waals surface area contributed by atoms with Crippen LogP contribution in [-0.2, 0) is 6.54 Å². The van der Waals surface area contributed by atoms with E-state index < -0.39 is 12.3 Å². The van der Waals surface area contributed by atoms with Crippen LogP contribution in [0.5, 0.6) is 5.75 Å². The highest BCUT2D eigenvalue weighted by Crippen LogP contribution is 2.34. The van der Waals surface area contributed by atoms with Crippen molar-refractivity contribution in [2.24, 2.45) is 5.73 Å². The number of para-hydroxylation sites is 1. The number of carbonyl (C=O) groups is 1. The number of aromatic nitrogens is 3. The number of amides is 1. The van der Waals surface area contributed by atoms with Crippen LogP contribution in [0.2, 0.25) is 0 Å². The molecule has 0 spiro atoms. The van der Waals surface area contributed by atoms with Gasteiger partial charge in [0.05, 0.1) is 0 Å². The number of carbonyl (C=O) groups excluding carboxylic acids is 1. The fourth-order valence-electron chi connectivity index (χ4n) is 4.11. The van der Waals surface area contributed by atoms with Crippen molar-refractivity contribution in [3.63, 3.8) is 0 Å². The van der Waals surface area contributed by atoms with Crippen LogP contribution in [0.25, 0.3) is 5.65 Å². The second-order valence-corrected chi connectivity index (χ2v) is 7.53. The number of primary amides is 1. The Morgan fingerprint density at radius 2 is 1.94 bits per heavy atom. The second kappa shape index (κ2) is 8.44. The second-order valence-electron chi connectivity index (χ2n) is 7.53. The van der Waals surface area contributed by atoms with Gasteiger partial charge in [0.1, 0.15) is 11.3 Å². The number of nitrogens with two attached hydrogens (primary N) is 1.